The molecule has 1 atom stereocenters. The number of nitrogens with one attached hydrogen (secondary N) is 1. The van der Waals surface area contributed by atoms with Gasteiger partial charge in [-0.1, -0.05) is 18.2 Å². The summed E-state index contributed by atoms with van der Waals surface area (Å²) in [6, 6.07) is 12.4. The molecule has 1 unspecified atom stereocenters. The number of cyclic esters (lactones) is 1. The summed E-state index contributed by atoms with van der Waals surface area (Å²) in [5.41, 5.74) is 1.17. The van der Waals surface area contributed by atoms with Gasteiger partial charge in [-0.25, -0.2) is 4.79 Å². The lowest BCUT2D eigenvalue weighted by atomic mass is 10.2. The topological polar surface area (TPSA) is 99.5 Å². The second-order valence-electron chi connectivity index (χ2n) is 6.86. The molecule has 0 aliphatic carbocycles. The van der Waals surface area contributed by atoms with Gasteiger partial charge < -0.3 is 28.7 Å². The number of furan rings is 1. The molecule has 9 nitrogen and oxygen atoms in total. The van der Waals surface area contributed by atoms with E-state index in [0.717, 1.165) is 5.39 Å². The van der Waals surface area contributed by atoms with E-state index < -0.39 is 12.2 Å². The van der Waals surface area contributed by atoms with Gasteiger partial charge in [0.25, 0.3) is 5.91 Å². The smallest absolute Gasteiger partial charge is 0.414 e. The van der Waals surface area contributed by atoms with Gasteiger partial charge in [0.2, 0.25) is 5.75 Å². The Bertz CT molecular complexity index is 1070. The lowest BCUT2D eigenvalue weighted by Crippen LogP contribution is -2.34. The monoisotopic (exact) mass is 426 g/mol. The van der Waals surface area contributed by atoms with Crippen molar-refractivity contribution in [2.75, 3.05) is 39.3 Å². The normalized spacial score (nSPS) is 15.6. The number of anilines is 1. The van der Waals surface area contributed by atoms with Crippen molar-refractivity contribution in [1.29, 1.82) is 0 Å². The number of amides is 2. The van der Waals surface area contributed by atoms with E-state index in [4.69, 9.17) is 23.4 Å². The van der Waals surface area contributed by atoms with Crippen LogP contribution in [0.2, 0.25) is 0 Å². The molecule has 4 rings (SSSR count). The first-order valence-corrected chi connectivity index (χ1v) is 9.59. The summed E-state index contributed by atoms with van der Waals surface area (Å²) in [6.45, 7) is 0.389. The van der Waals surface area contributed by atoms with Crippen molar-refractivity contribution in [3.05, 3.63) is 48.2 Å². The van der Waals surface area contributed by atoms with Crippen molar-refractivity contribution in [1.82, 2.24) is 5.32 Å². The lowest BCUT2D eigenvalue weighted by Gasteiger charge is -2.18. The number of para-hydroxylation sites is 1. The molecule has 2 heterocycles. The van der Waals surface area contributed by atoms with Gasteiger partial charge in [0.05, 0.1) is 40.1 Å². The number of carbonyl (C=O) groups is 2. The molecular formula is C22H22N2O7. The fraction of sp³-hybridized carbons (Fsp3) is 0.273. The molecule has 162 valence electrons. The summed E-state index contributed by atoms with van der Waals surface area (Å²) in [6.07, 6.45) is -1.06. The van der Waals surface area contributed by atoms with Crippen molar-refractivity contribution >= 4 is 28.7 Å². The average molecular weight is 426 g/mol. The number of hydrogen-bond acceptors (Lipinski definition) is 7. The minimum atomic E-state index is -0.530. The SMILES string of the molecule is COc1cc(N2CC(CNC(=O)c3cc4ccccc4o3)OC2=O)cc(OC)c1OC. The van der Waals surface area contributed by atoms with Crippen LogP contribution in [0.3, 0.4) is 0 Å². The maximum absolute atomic E-state index is 12.4. The van der Waals surface area contributed by atoms with E-state index in [1.165, 1.54) is 26.2 Å². The molecule has 1 saturated heterocycles. The van der Waals surface area contributed by atoms with Crippen molar-refractivity contribution < 1.29 is 33.0 Å². The molecule has 9 heteroatoms. The number of benzene rings is 2. The van der Waals surface area contributed by atoms with E-state index in [-0.39, 0.29) is 24.8 Å². The van der Waals surface area contributed by atoms with Gasteiger partial charge in [-0.05, 0) is 12.1 Å². The summed E-state index contributed by atoms with van der Waals surface area (Å²) in [5.74, 6) is 1.10. The molecule has 1 fully saturated rings. The Kier molecular flexibility index (Phi) is 5.57. The maximum atomic E-state index is 12.4. The van der Waals surface area contributed by atoms with Gasteiger partial charge >= 0.3 is 6.09 Å². The molecule has 31 heavy (non-hydrogen) atoms. The van der Waals surface area contributed by atoms with Crippen LogP contribution in [-0.4, -0.2) is 52.5 Å². The third kappa shape index (κ3) is 3.94. The first-order valence-electron chi connectivity index (χ1n) is 9.59. The predicted octanol–water partition coefficient (Wildman–Crippen LogP) is 3.21. The number of ether oxygens (including phenoxy) is 4. The average Bonchev–Trinajstić information content (AvgIpc) is 3.39. The summed E-state index contributed by atoms with van der Waals surface area (Å²) in [7, 11) is 4.50. The number of carbonyl (C=O) groups excluding carboxylic acids is 2. The highest BCUT2D eigenvalue weighted by molar-refractivity contribution is 5.96. The second kappa shape index (κ2) is 8.47. The zero-order valence-electron chi connectivity index (χ0n) is 17.3. The van der Waals surface area contributed by atoms with E-state index in [1.54, 1.807) is 24.3 Å². The molecule has 0 spiro atoms. The Balaban J connectivity index is 1.44. The Morgan fingerprint density at radius 3 is 2.45 bits per heavy atom. The van der Waals surface area contributed by atoms with Gasteiger partial charge in [-0.15, -0.1) is 0 Å². The second-order valence-corrected chi connectivity index (χ2v) is 6.86. The van der Waals surface area contributed by atoms with E-state index >= 15 is 0 Å². The number of rotatable bonds is 7. The van der Waals surface area contributed by atoms with Gasteiger partial charge in [0.1, 0.15) is 11.7 Å². The highest BCUT2D eigenvalue weighted by Crippen LogP contribution is 2.41. The Hall–Kier alpha value is -3.88. The predicted molar refractivity (Wildman–Crippen MR) is 112 cm³/mol. The van der Waals surface area contributed by atoms with E-state index in [2.05, 4.69) is 5.32 Å². The first-order chi connectivity index (χ1) is 15.0. The van der Waals surface area contributed by atoms with Gasteiger partial charge in [-0.2, -0.15) is 0 Å². The number of fused-ring (bicyclic) bond motifs is 1. The Morgan fingerprint density at radius 2 is 1.81 bits per heavy atom. The molecule has 0 radical (unpaired) electrons. The summed E-state index contributed by atoms with van der Waals surface area (Å²) in [5, 5.41) is 3.59. The molecule has 2 amide bonds. The molecule has 1 aliphatic heterocycles. The molecule has 2 aromatic carbocycles. The fourth-order valence-corrected chi connectivity index (χ4v) is 3.45. The van der Waals surface area contributed by atoms with Crippen LogP contribution in [0, 0.1) is 0 Å². The van der Waals surface area contributed by atoms with Crippen molar-refractivity contribution in [2.45, 2.75) is 6.10 Å². The highest BCUT2D eigenvalue weighted by atomic mass is 16.6. The van der Waals surface area contributed by atoms with Crippen LogP contribution in [-0.2, 0) is 4.74 Å². The molecular weight excluding hydrogens is 404 g/mol. The largest absolute Gasteiger partial charge is 0.493 e. The maximum Gasteiger partial charge on any atom is 0.414 e. The minimum Gasteiger partial charge on any atom is -0.493 e. The van der Waals surface area contributed by atoms with E-state index in [1.807, 2.05) is 18.2 Å². The van der Waals surface area contributed by atoms with Crippen LogP contribution < -0.4 is 24.4 Å². The van der Waals surface area contributed by atoms with Crippen molar-refractivity contribution in [2.24, 2.45) is 0 Å². The molecule has 3 aromatic rings. The zero-order valence-corrected chi connectivity index (χ0v) is 17.3. The Labute approximate surface area is 178 Å². The van der Waals surface area contributed by atoms with Crippen LogP contribution >= 0.6 is 0 Å². The lowest BCUT2D eigenvalue weighted by molar-refractivity contribution is 0.0891. The van der Waals surface area contributed by atoms with Crippen molar-refractivity contribution in [3.63, 3.8) is 0 Å². The quantitative estimate of drug-likeness (QED) is 0.619. The molecule has 1 N–H and O–H groups in total. The number of nitrogens with zero attached hydrogens (tertiary/aromatic N) is 1. The van der Waals surface area contributed by atoms with Crippen LogP contribution in [0.15, 0.2) is 46.9 Å². The van der Waals surface area contributed by atoms with Crippen LogP contribution in [0.25, 0.3) is 11.0 Å². The fourth-order valence-electron chi connectivity index (χ4n) is 3.45. The summed E-state index contributed by atoms with van der Waals surface area (Å²) >= 11 is 0. The zero-order chi connectivity index (χ0) is 22.0. The molecule has 0 bridgehead atoms. The van der Waals surface area contributed by atoms with Gasteiger partial charge in [0, 0.05) is 17.5 Å². The molecule has 1 aliphatic rings. The molecule has 1 aromatic heterocycles. The minimum absolute atomic E-state index is 0.141. The first kappa shape index (κ1) is 20.4. The number of hydrogen-bond donors (Lipinski definition) is 1. The van der Waals surface area contributed by atoms with Crippen LogP contribution in [0.5, 0.6) is 17.2 Å². The van der Waals surface area contributed by atoms with Crippen LogP contribution in [0.4, 0.5) is 10.5 Å². The third-order valence-corrected chi connectivity index (χ3v) is 4.97. The standard InChI is InChI=1S/C22H22N2O7/c1-27-17-9-14(10-18(28-2)20(17)29-3)24-12-15(30-22(24)26)11-23-21(25)19-8-13-6-4-5-7-16(13)31-19/h4-10,15H,11-12H2,1-3H3,(H,23,25). The summed E-state index contributed by atoms with van der Waals surface area (Å²) in [4.78, 5) is 26.3. The van der Waals surface area contributed by atoms with Crippen LogP contribution in [0.1, 0.15) is 10.6 Å². The van der Waals surface area contributed by atoms with Crippen molar-refractivity contribution in [3.8, 4) is 17.2 Å². The third-order valence-electron chi connectivity index (χ3n) is 4.97. The van der Waals surface area contributed by atoms with E-state index in [0.29, 0.717) is 28.5 Å². The Morgan fingerprint density at radius 1 is 1.10 bits per heavy atom. The highest BCUT2D eigenvalue weighted by Gasteiger charge is 2.34. The van der Waals surface area contributed by atoms with Gasteiger partial charge in [0.15, 0.2) is 17.3 Å². The summed E-state index contributed by atoms with van der Waals surface area (Å²) < 4.78 is 27.0. The number of methoxy groups -OCH3 is 3. The van der Waals surface area contributed by atoms with Gasteiger partial charge in [-0.3, -0.25) is 9.69 Å². The van der Waals surface area contributed by atoms with E-state index in [9.17, 15) is 9.59 Å². The molecule has 0 saturated carbocycles.